The molecule has 2 N–H and O–H groups in total. The molecule has 11 nitrogen and oxygen atoms in total. The highest BCUT2D eigenvalue weighted by molar-refractivity contribution is 5.85. The van der Waals surface area contributed by atoms with Crippen molar-refractivity contribution in [3.63, 3.8) is 0 Å². The highest BCUT2D eigenvalue weighted by Crippen LogP contribution is 2.40. The second-order valence-electron chi connectivity index (χ2n) is 6.73. The van der Waals surface area contributed by atoms with Gasteiger partial charge in [0, 0.05) is 0 Å². The van der Waals surface area contributed by atoms with Gasteiger partial charge in [-0.1, -0.05) is 12.2 Å². The number of fused-ring (bicyclic) bond motifs is 2. The minimum Gasteiger partial charge on any atom is -0.463 e. The van der Waals surface area contributed by atoms with Gasteiger partial charge in [0.05, 0.1) is 78.3 Å². The highest BCUT2D eigenvalue weighted by Gasteiger charge is 2.54. The first-order valence-corrected chi connectivity index (χ1v) is 10.4. The Balaban J connectivity index is 1.64. The lowest BCUT2D eigenvalue weighted by molar-refractivity contribution is -0.161. The summed E-state index contributed by atoms with van der Waals surface area (Å²) in [6.07, 6.45) is 2.49. The summed E-state index contributed by atoms with van der Waals surface area (Å²) >= 11 is 0. The van der Waals surface area contributed by atoms with Crippen molar-refractivity contribution in [1.82, 2.24) is 0 Å². The van der Waals surface area contributed by atoms with Gasteiger partial charge >= 0.3 is 11.9 Å². The van der Waals surface area contributed by atoms with Crippen molar-refractivity contribution < 1.29 is 53.0 Å². The van der Waals surface area contributed by atoms with Crippen LogP contribution < -0.4 is 0 Å². The zero-order valence-corrected chi connectivity index (χ0v) is 17.5. The molecule has 4 unspecified atom stereocenters. The lowest BCUT2D eigenvalue weighted by Gasteiger charge is -2.22. The second kappa shape index (κ2) is 15.2. The van der Waals surface area contributed by atoms with E-state index in [4.69, 9.17) is 43.4 Å². The number of hydrogen-bond donors (Lipinski definition) is 2. The Bertz CT molecular complexity index is 507. The number of rotatable bonds is 18. The first kappa shape index (κ1) is 25.7. The molecule has 0 aliphatic carbocycles. The monoisotopic (exact) mass is 448 g/mol. The van der Waals surface area contributed by atoms with Gasteiger partial charge in [-0.25, -0.2) is 0 Å². The van der Waals surface area contributed by atoms with E-state index in [-0.39, 0.29) is 52.9 Å². The van der Waals surface area contributed by atoms with Gasteiger partial charge in [-0.2, -0.15) is 0 Å². The number of esters is 2. The van der Waals surface area contributed by atoms with E-state index in [9.17, 15) is 9.59 Å². The normalized spacial score (nSPS) is 23.9. The summed E-state index contributed by atoms with van der Waals surface area (Å²) in [5.41, 5.74) is 0. The van der Waals surface area contributed by atoms with Gasteiger partial charge in [-0.15, -0.1) is 0 Å². The number of carbonyl (C=O) groups is 2. The quantitative estimate of drug-likeness (QED) is 0.147. The fourth-order valence-electron chi connectivity index (χ4n) is 3.24. The van der Waals surface area contributed by atoms with Crippen LogP contribution in [0.4, 0.5) is 0 Å². The van der Waals surface area contributed by atoms with Crippen LogP contribution in [0, 0.1) is 11.8 Å². The van der Waals surface area contributed by atoms with Crippen molar-refractivity contribution in [2.24, 2.45) is 11.8 Å². The predicted molar refractivity (Wildman–Crippen MR) is 104 cm³/mol. The van der Waals surface area contributed by atoms with E-state index in [2.05, 4.69) is 0 Å². The molecule has 0 radical (unpaired) electrons. The van der Waals surface area contributed by atoms with E-state index in [1.54, 1.807) is 12.2 Å². The average molecular weight is 448 g/mol. The molecule has 0 amide bonds. The Labute approximate surface area is 181 Å². The van der Waals surface area contributed by atoms with Crippen LogP contribution in [0.5, 0.6) is 0 Å². The molecule has 2 heterocycles. The van der Waals surface area contributed by atoms with Crippen LogP contribution in [-0.4, -0.2) is 114 Å². The number of ether oxygens (including phenoxy) is 7. The minimum atomic E-state index is -0.761. The Morgan fingerprint density at radius 1 is 0.613 bits per heavy atom. The molecule has 2 aliphatic rings. The fourth-order valence-corrected chi connectivity index (χ4v) is 3.24. The SMILES string of the molecule is O=C(OCCOCCOCCO)C1C2C=CC(O2)C1C(=O)OCCOCCOCCO. The summed E-state index contributed by atoms with van der Waals surface area (Å²) in [5, 5.41) is 17.2. The van der Waals surface area contributed by atoms with Crippen molar-refractivity contribution in [2.45, 2.75) is 12.2 Å². The molecule has 0 aromatic rings. The zero-order valence-electron chi connectivity index (χ0n) is 17.5. The van der Waals surface area contributed by atoms with Crippen LogP contribution in [0.2, 0.25) is 0 Å². The van der Waals surface area contributed by atoms with Gasteiger partial charge in [-0.05, 0) is 0 Å². The first-order chi connectivity index (χ1) is 15.2. The molecule has 4 atom stereocenters. The third kappa shape index (κ3) is 8.81. The van der Waals surface area contributed by atoms with E-state index in [1.165, 1.54) is 0 Å². The van der Waals surface area contributed by atoms with Gasteiger partial charge in [0.1, 0.15) is 25.0 Å². The van der Waals surface area contributed by atoms with E-state index in [0.29, 0.717) is 26.4 Å². The van der Waals surface area contributed by atoms with Gasteiger partial charge in [-0.3, -0.25) is 9.59 Å². The van der Waals surface area contributed by atoms with E-state index >= 15 is 0 Å². The Hall–Kier alpha value is -1.60. The molecule has 2 bridgehead atoms. The molecule has 31 heavy (non-hydrogen) atoms. The molecule has 0 saturated carbocycles. The smallest absolute Gasteiger partial charge is 0.313 e. The maximum absolute atomic E-state index is 12.5. The molecule has 1 saturated heterocycles. The topological polar surface area (TPSA) is 139 Å². The summed E-state index contributed by atoms with van der Waals surface area (Å²) in [4.78, 5) is 25.0. The van der Waals surface area contributed by atoms with E-state index in [1.807, 2.05) is 0 Å². The van der Waals surface area contributed by atoms with Gasteiger partial charge in [0.15, 0.2) is 0 Å². The van der Waals surface area contributed by atoms with Crippen LogP contribution in [-0.2, 0) is 42.7 Å². The molecule has 178 valence electrons. The van der Waals surface area contributed by atoms with Crippen LogP contribution in [0.1, 0.15) is 0 Å². The Kier molecular flexibility index (Phi) is 12.6. The summed E-state index contributed by atoms with van der Waals surface area (Å²) in [6, 6.07) is 0. The summed E-state index contributed by atoms with van der Waals surface area (Å²) in [7, 11) is 0. The summed E-state index contributed by atoms with van der Waals surface area (Å²) in [5.74, 6) is -2.58. The maximum atomic E-state index is 12.5. The summed E-state index contributed by atoms with van der Waals surface area (Å²) in [6.45, 7) is 2.21. The second-order valence-corrected chi connectivity index (χ2v) is 6.73. The largest absolute Gasteiger partial charge is 0.463 e. The van der Waals surface area contributed by atoms with Crippen molar-refractivity contribution in [1.29, 1.82) is 0 Å². The number of hydrogen-bond acceptors (Lipinski definition) is 11. The molecule has 2 rings (SSSR count). The molecule has 2 aliphatic heterocycles. The highest BCUT2D eigenvalue weighted by atomic mass is 16.6. The molecule has 0 aromatic carbocycles. The molecule has 11 heteroatoms. The van der Waals surface area contributed by atoms with Gasteiger partial charge in [0.25, 0.3) is 0 Å². The third-order valence-electron chi connectivity index (χ3n) is 4.60. The van der Waals surface area contributed by atoms with Crippen LogP contribution in [0.15, 0.2) is 12.2 Å². The van der Waals surface area contributed by atoms with Crippen molar-refractivity contribution >= 4 is 11.9 Å². The zero-order chi connectivity index (χ0) is 22.3. The lowest BCUT2D eigenvalue weighted by Crippen LogP contribution is -2.39. The van der Waals surface area contributed by atoms with Crippen molar-refractivity contribution in [3.05, 3.63) is 12.2 Å². The Morgan fingerprint density at radius 3 is 1.35 bits per heavy atom. The Morgan fingerprint density at radius 2 is 0.968 bits per heavy atom. The van der Waals surface area contributed by atoms with Crippen LogP contribution in [0.25, 0.3) is 0 Å². The summed E-state index contributed by atoms with van der Waals surface area (Å²) < 4.78 is 36.8. The van der Waals surface area contributed by atoms with Gasteiger partial charge in [0.2, 0.25) is 0 Å². The fraction of sp³-hybridized carbons (Fsp3) is 0.800. The average Bonchev–Trinajstić information content (AvgIpc) is 3.39. The van der Waals surface area contributed by atoms with Crippen molar-refractivity contribution in [3.8, 4) is 0 Å². The molecule has 1 fully saturated rings. The number of aliphatic hydroxyl groups excluding tert-OH is 2. The molecular weight excluding hydrogens is 416 g/mol. The number of carbonyl (C=O) groups excluding carboxylic acids is 2. The molecule has 0 aromatic heterocycles. The first-order valence-electron chi connectivity index (χ1n) is 10.4. The van der Waals surface area contributed by atoms with Crippen LogP contribution >= 0.6 is 0 Å². The van der Waals surface area contributed by atoms with E-state index in [0.717, 1.165) is 0 Å². The third-order valence-corrected chi connectivity index (χ3v) is 4.60. The minimum absolute atomic E-state index is 0.0460. The van der Waals surface area contributed by atoms with Gasteiger partial charge < -0.3 is 43.4 Å². The molecular formula is C20H32O11. The van der Waals surface area contributed by atoms with Crippen LogP contribution in [0.3, 0.4) is 0 Å². The maximum Gasteiger partial charge on any atom is 0.313 e. The number of aliphatic hydroxyl groups is 2. The van der Waals surface area contributed by atoms with E-state index < -0.39 is 36.0 Å². The van der Waals surface area contributed by atoms with Crippen molar-refractivity contribution in [2.75, 3.05) is 79.3 Å². The lowest BCUT2D eigenvalue weighted by atomic mass is 9.83. The predicted octanol–water partition coefficient (Wildman–Crippen LogP) is -1.31. The standard InChI is InChI=1S/C20H32O11/c21-3-5-25-7-9-27-11-13-29-19(23)17-15-1-2-16(31-15)18(17)20(24)30-14-12-28-10-8-26-6-4-22/h1-2,15-18,21-22H,3-14H2. The molecule has 0 spiro atoms.